The molecule has 0 aliphatic heterocycles. The van der Waals surface area contributed by atoms with Gasteiger partial charge < -0.3 is 15.4 Å². The van der Waals surface area contributed by atoms with Crippen LogP contribution in [0.5, 0.6) is 5.75 Å². The standard InChI is InChI=1S/C12H14N4OS/c1-16-7-6-11(15-16)14-12(18)13-9-4-3-5-10(8-9)17-2/h3-8H,1-2H3,(H2,13,14,15,18). The number of nitrogens with zero attached hydrogens (tertiary/aromatic N) is 2. The SMILES string of the molecule is COc1cccc(NC(=S)Nc2ccn(C)n2)c1. The zero-order valence-electron chi connectivity index (χ0n) is 10.2. The Morgan fingerprint density at radius 1 is 1.33 bits per heavy atom. The fraction of sp³-hybridized carbons (Fsp3) is 0.167. The van der Waals surface area contributed by atoms with Gasteiger partial charge in [-0.1, -0.05) is 6.07 Å². The lowest BCUT2D eigenvalue weighted by atomic mass is 10.3. The molecule has 1 aromatic carbocycles. The van der Waals surface area contributed by atoms with Gasteiger partial charge in [0.25, 0.3) is 0 Å². The molecule has 1 heterocycles. The van der Waals surface area contributed by atoms with Crippen molar-refractivity contribution in [3.8, 4) is 5.75 Å². The van der Waals surface area contributed by atoms with Crippen LogP contribution in [0.2, 0.25) is 0 Å². The van der Waals surface area contributed by atoms with Crippen LogP contribution < -0.4 is 15.4 Å². The first-order valence-electron chi connectivity index (χ1n) is 5.39. The van der Waals surface area contributed by atoms with Gasteiger partial charge in [-0.25, -0.2) is 0 Å². The molecule has 94 valence electrons. The van der Waals surface area contributed by atoms with Crippen LogP contribution in [0.4, 0.5) is 11.5 Å². The van der Waals surface area contributed by atoms with Gasteiger partial charge in [0.2, 0.25) is 0 Å². The summed E-state index contributed by atoms with van der Waals surface area (Å²) in [4.78, 5) is 0. The molecule has 0 fully saturated rings. The summed E-state index contributed by atoms with van der Waals surface area (Å²) >= 11 is 5.19. The number of benzene rings is 1. The number of thiocarbonyl (C=S) groups is 1. The van der Waals surface area contributed by atoms with Crippen molar-refractivity contribution in [2.24, 2.45) is 7.05 Å². The van der Waals surface area contributed by atoms with E-state index in [1.807, 2.05) is 43.6 Å². The van der Waals surface area contributed by atoms with Crippen molar-refractivity contribution in [2.75, 3.05) is 17.7 Å². The van der Waals surface area contributed by atoms with Crippen LogP contribution in [0.25, 0.3) is 0 Å². The number of hydrogen-bond donors (Lipinski definition) is 2. The molecule has 5 nitrogen and oxygen atoms in total. The van der Waals surface area contributed by atoms with Gasteiger partial charge in [0, 0.05) is 31.1 Å². The summed E-state index contributed by atoms with van der Waals surface area (Å²) in [5.74, 6) is 1.48. The molecule has 6 heteroatoms. The number of rotatable bonds is 3. The fourth-order valence-electron chi connectivity index (χ4n) is 1.46. The molecule has 0 atom stereocenters. The Labute approximate surface area is 111 Å². The molecule has 1 aromatic heterocycles. The number of methoxy groups -OCH3 is 1. The molecule has 0 amide bonds. The van der Waals surface area contributed by atoms with Crippen molar-refractivity contribution in [3.63, 3.8) is 0 Å². The van der Waals surface area contributed by atoms with Gasteiger partial charge in [0.15, 0.2) is 10.9 Å². The van der Waals surface area contributed by atoms with Gasteiger partial charge in [-0.05, 0) is 24.4 Å². The third-order valence-electron chi connectivity index (χ3n) is 2.28. The van der Waals surface area contributed by atoms with E-state index in [1.54, 1.807) is 11.8 Å². The van der Waals surface area contributed by atoms with E-state index in [4.69, 9.17) is 17.0 Å². The maximum Gasteiger partial charge on any atom is 0.176 e. The van der Waals surface area contributed by atoms with E-state index in [0.717, 1.165) is 11.4 Å². The molecule has 2 aromatic rings. The molecule has 18 heavy (non-hydrogen) atoms. The first-order valence-corrected chi connectivity index (χ1v) is 5.80. The second-order valence-electron chi connectivity index (χ2n) is 3.69. The van der Waals surface area contributed by atoms with E-state index in [0.29, 0.717) is 10.9 Å². The van der Waals surface area contributed by atoms with Crippen molar-refractivity contribution in [2.45, 2.75) is 0 Å². The van der Waals surface area contributed by atoms with Crippen molar-refractivity contribution in [1.29, 1.82) is 0 Å². The normalized spacial score (nSPS) is 9.89. The Hall–Kier alpha value is -2.08. The molecular formula is C12H14N4OS. The lowest BCUT2D eigenvalue weighted by Crippen LogP contribution is -2.19. The molecule has 0 saturated heterocycles. The van der Waals surface area contributed by atoms with Crippen molar-refractivity contribution in [3.05, 3.63) is 36.5 Å². The van der Waals surface area contributed by atoms with Crippen LogP contribution in [0.3, 0.4) is 0 Å². The van der Waals surface area contributed by atoms with Gasteiger partial charge in [-0.3, -0.25) is 4.68 Å². The van der Waals surface area contributed by atoms with Gasteiger partial charge in [0.05, 0.1) is 7.11 Å². The van der Waals surface area contributed by atoms with E-state index >= 15 is 0 Å². The van der Waals surface area contributed by atoms with Crippen LogP contribution in [0, 0.1) is 0 Å². The quantitative estimate of drug-likeness (QED) is 0.831. The zero-order chi connectivity index (χ0) is 13.0. The van der Waals surface area contributed by atoms with Gasteiger partial charge in [0.1, 0.15) is 5.75 Å². The Balaban J connectivity index is 1.98. The maximum absolute atomic E-state index is 5.19. The number of hydrogen-bond acceptors (Lipinski definition) is 3. The predicted octanol–water partition coefficient (Wildman–Crippen LogP) is 2.24. The fourth-order valence-corrected chi connectivity index (χ4v) is 1.68. The van der Waals surface area contributed by atoms with E-state index in [9.17, 15) is 0 Å². The van der Waals surface area contributed by atoms with Crippen molar-refractivity contribution < 1.29 is 4.74 Å². The molecule has 2 rings (SSSR count). The van der Waals surface area contributed by atoms with Crippen molar-refractivity contribution in [1.82, 2.24) is 9.78 Å². The highest BCUT2D eigenvalue weighted by atomic mass is 32.1. The second kappa shape index (κ2) is 5.50. The average molecular weight is 262 g/mol. The van der Waals surface area contributed by atoms with Crippen LogP contribution in [-0.4, -0.2) is 22.0 Å². The first-order chi connectivity index (χ1) is 8.67. The number of aromatic nitrogens is 2. The monoisotopic (exact) mass is 262 g/mol. The molecule has 0 spiro atoms. The Morgan fingerprint density at radius 3 is 2.83 bits per heavy atom. The summed E-state index contributed by atoms with van der Waals surface area (Å²) in [7, 11) is 3.48. The Kier molecular flexibility index (Phi) is 3.78. The highest BCUT2D eigenvalue weighted by Gasteiger charge is 2.01. The predicted molar refractivity (Wildman–Crippen MR) is 76.0 cm³/mol. The lowest BCUT2D eigenvalue weighted by molar-refractivity contribution is 0.415. The minimum atomic E-state index is 0.488. The Morgan fingerprint density at radius 2 is 2.17 bits per heavy atom. The average Bonchev–Trinajstić information content (AvgIpc) is 2.74. The van der Waals surface area contributed by atoms with Gasteiger partial charge >= 0.3 is 0 Å². The summed E-state index contributed by atoms with van der Waals surface area (Å²) < 4.78 is 6.84. The third-order valence-corrected chi connectivity index (χ3v) is 2.49. The van der Waals surface area contributed by atoms with Crippen molar-refractivity contribution >= 4 is 28.8 Å². The van der Waals surface area contributed by atoms with Crippen LogP contribution in [-0.2, 0) is 7.05 Å². The molecule has 2 N–H and O–H groups in total. The number of anilines is 2. The van der Waals surface area contributed by atoms with Gasteiger partial charge in [-0.15, -0.1) is 0 Å². The van der Waals surface area contributed by atoms with Crippen LogP contribution >= 0.6 is 12.2 Å². The highest BCUT2D eigenvalue weighted by Crippen LogP contribution is 2.16. The smallest absolute Gasteiger partial charge is 0.176 e. The number of aryl methyl sites for hydroxylation is 1. The van der Waals surface area contributed by atoms with Crippen LogP contribution in [0.15, 0.2) is 36.5 Å². The summed E-state index contributed by atoms with van der Waals surface area (Å²) in [6, 6.07) is 9.39. The molecule has 0 unspecified atom stereocenters. The Bertz CT molecular complexity index is 553. The summed E-state index contributed by atoms with van der Waals surface area (Å²) in [5.41, 5.74) is 0.864. The van der Waals surface area contributed by atoms with E-state index in [2.05, 4.69) is 15.7 Å². The van der Waals surface area contributed by atoms with Gasteiger partial charge in [-0.2, -0.15) is 5.10 Å². The topological polar surface area (TPSA) is 51.1 Å². The lowest BCUT2D eigenvalue weighted by Gasteiger charge is -2.09. The van der Waals surface area contributed by atoms with E-state index in [-0.39, 0.29) is 0 Å². The minimum Gasteiger partial charge on any atom is -0.497 e. The summed E-state index contributed by atoms with van der Waals surface area (Å²) in [6.07, 6.45) is 1.84. The molecule has 0 saturated carbocycles. The zero-order valence-corrected chi connectivity index (χ0v) is 11.0. The first kappa shape index (κ1) is 12.4. The second-order valence-corrected chi connectivity index (χ2v) is 4.09. The minimum absolute atomic E-state index is 0.488. The van der Waals surface area contributed by atoms with E-state index < -0.39 is 0 Å². The third kappa shape index (κ3) is 3.21. The molecular weight excluding hydrogens is 248 g/mol. The largest absolute Gasteiger partial charge is 0.497 e. The maximum atomic E-state index is 5.19. The number of nitrogens with one attached hydrogen (secondary N) is 2. The van der Waals surface area contributed by atoms with E-state index in [1.165, 1.54) is 0 Å². The van der Waals surface area contributed by atoms with Crippen LogP contribution in [0.1, 0.15) is 0 Å². The highest BCUT2D eigenvalue weighted by molar-refractivity contribution is 7.80. The number of ether oxygens (including phenoxy) is 1. The summed E-state index contributed by atoms with van der Waals surface area (Å²) in [6.45, 7) is 0. The molecule has 0 bridgehead atoms. The molecule has 0 aliphatic rings. The molecule has 0 aliphatic carbocycles. The summed E-state index contributed by atoms with van der Waals surface area (Å²) in [5, 5.41) is 10.7. The molecule has 0 radical (unpaired) electrons.